The maximum atomic E-state index is 13.6. The van der Waals surface area contributed by atoms with Crippen molar-refractivity contribution in [3.05, 3.63) is 59.9 Å². The summed E-state index contributed by atoms with van der Waals surface area (Å²) in [6.07, 6.45) is 2.05. The SMILES string of the molecule is CCOc1ccc(N(CC(=O)N(Cc2ccc(F)cc2)[C@H](CC)C(=O)N[C@@H](C)CC)S(C)(=O)=O)cc1. The summed E-state index contributed by atoms with van der Waals surface area (Å²) >= 11 is 0. The van der Waals surface area contributed by atoms with Gasteiger partial charge in [0, 0.05) is 12.6 Å². The first-order chi connectivity index (χ1) is 17.0. The van der Waals surface area contributed by atoms with Crippen molar-refractivity contribution >= 4 is 27.5 Å². The molecule has 0 aromatic heterocycles. The fourth-order valence-electron chi connectivity index (χ4n) is 3.64. The highest BCUT2D eigenvalue weighted by atomic mass is 32.2. The van der Waals surface area contributed by atoms with Crippen molar-refractivity contribution in [1.29, 1.82) is 0 Å². The number of hydrogen-bond donors (Lipinski definition) is 1. The smallest absolute Gasteiger partial charge is 0.244 e. The van der Waals surface area contributed by atoms with Crippen LogP contribution in [0.15, 0.2) is 48.5 Å². The molecular weight excluding hydrogens is 485 g/mol. The number of benzene rings is 2. The Labute approximate surface area is 213 Å². The zero-order chi connectivity index (χ0) is 26.9. The van der Waals surface area contributed by atoms with Crippen molar-refractivity contribution in [2.45, 2.75) is 59.2 Å². The number of ether oxygens (including phenoxy) is 1. The van der Waals surface area contributed by atoms with Crippen molar-refractivity contribution in [3.63, 3.8) is 0 Å². The van der Waals surface area contributed by atoms with Crippen molar-refractivity contribution < 1.29 is 27.1 Å². The van der Waals surface area contributed by atoms with Crippen LogP contribution in [-0.4, -0.2) is 56.6 Å². The molecule has 0 bridgehead atoms. The predicted molar refractivity (Wildman–Crippen MR) is 139 cm³/mol. The van der Waals surface area contributed by atoms with Gasteiger partial charge in [-0.15, -0.1) is 0 Å². The average Bonchev–Trinajstić information content (AvgIpc) is 2.83. The van der Waals surface area contributed by atoms with Gasteiger partial charge in [-0.3, -0.25) is 13.9 Å². The Morgan fingerprint density at radius 1 is 1.00 bits per heavy atom. The lowest BCUT2D eigenvalue weighted by atomic mass is 10.1. The number of hydrogen-bond acceptors (Lipinski definition) is 5. The van der Waals surface area contributed by atoms with Crippen LogP contribution in [0.3, 0.4) is 0 Å². The number of sulfonamides is 1. The molecule has 0 spiro atoms. The van der Waals surface area contributed by atoms with Gasteiger partial charge in [-0.2, -0.15) is 0 Å². The standard InChI is InChI=1S/C26H36FN3O5S/c1-6-19(4)28-26(32)24(7-2)29(17-20-9-11-21(27)12-10-20)25(31)18-30(36(5,33)34)22-13-15-23(16-14-22)35-8-3/h9-16,19,24H,6-8,17-18H2,1-5H3,(H,28,32)/t19-,24+/m0/s1. The molecule has 0 aliphatic carbocycles. The van der Waals surface area contributed by atoms with Gasteiger partial charge in [0.15, 0.2) is 0 Å². The molecule has 0 heterocycles. The summed E-state index contributed by atoms with van der Waals surface area (Å²) in [5.41, 5.74) is 0.916. The summed E-state index contributed by atoms with van der Waals surface area (Å²) in [4.78, 5) is 28.0. The molecule has 10 heteroatoms. The van der Waals surface area contributed by atoms with Gasteiger partial charge in [0.05, 0.1) is 18.6 Å². The number of nitrogens with zero attached hydrogens (tertiary/aromatic N) is 2. The minimum Gasteiger partial charge on any atom is -0.494 e. The molecule has 2 aromatic carbocycles. The number of anilines is 1. The van der Waals surface area contributed by atoms with E-state index in [2.05, 4.69) is 5.32 Å². The van der Waals surface area contributed by atoms with E-state index in [1.807, 2.05) is 20.8 Å². The van der Waals surface area contributed by atoms with Crippen LogP contribution >= 0.6 is 0 Å². The van der Waals surface area contributed by atoms with E-state index >= 15 is 0 Å². The van der Waals surface area contributed by atoms with E-state index in [-0.39, 0.29) is 18.5 Å². The van der Waals surface area contributed by atoms with Crippen LogP contribution in [0.5, 0.6) is 5.75 Å². The van der Waals surface area contributed by atoms with Crippen LogP contribution < -0.4 is 14.4 Å². The Morgan fingerprint density at radius 2 is 1.61 bits per heavy atom. The first-order valence-electron chi connectivity index (χ1n) is 12.0. The average molecular weight is 522 g/mol. The summed E-state index contributed by atoms with van der Waals surface area (Å²) in [5.74, 6) is -0.720. The summed E-state index contributed by atoms with van der Waals surface area (Å²) < 4.78 is 45.2. The van der Waals surface area contributed by atoms with Crippen LogP contribution in [0.1, 0.15) is 46.1 Å². The summed E-state index contributed by atoms with van der Waals surface area (Å²) in [5, 5.41) is 2.91. The first kappa shape index (κ1) is 29.1. The second-order valence-electron chi connectivity index (χ2n) is 8.59. The summed E-state index contributed by atoms with van der Waals surface area (Å²) in [6, 6.07) is 11.1. The topological polar surface area (TPSA) is 96.0 Å². The maximum Gasteiger partial charge on any atom is 0.244 e. The molecule has 1 N–H and O–H groups in total. The fourth-order valence-corrected chi connectivity index (χ4v) is 4.49. The second kappa shape index (κ2) is 13.2. The van der Waals surface area contributed by atoms with Crippen molar-refractivity contribution in [2.75, 3.05) is 23.7 Å². The van der Waals surface area contributed by atoms with E-state index in [1.54, 1.807) is 31.2 Å². The number of amides is 2. The largest absolute Gasteiger partial charge is 0.494 e. The van der Waals surface area contributed by atoms with Crippen molar-refractivity contribution in [3.8, 4) is 5.75 Å². The Bertz CT molecular complexity index is 1110. The molecule has 2 aromatic rings. The number of nitrogens with one attached hydrogen (secondary N) is 1. The first-order valence-corrected chi connectivity index (χ1v) is 13.9. The lowest BCUT2D eigenvalue weighted by Gasteiger charge is -2.33. The van der Waals surface area contributed by atoms with Crippen molar-refractivity contribution in [1.82, 2.24) is 10.2 Å². The molecule has 2 amide bonds. The van der Waals surface area contributed by atoms with Crippen LogP contribution in [0.4, 0.5) is 10.1 Å². The highest BCUT2D eigenvalue weighted by Crippen LogP contribution is 2.23. The Hall–Kier alpha value is -3.14. The Kier molecular flexibility index (Phi) is 10.7. The molecule has 0 saturated carbocycles. The third-order valence-electron chi connectivity index (χ3n) is 5.77. The molecule has 198 valence electrons. The van der Waals surface area contributed by atoms with Gasteiger partial charge >= 0.3 is 0 Å². The van der Waals surface area contributed by atoms with Gasteiger partial charge in [0.25, 0.3) is 0 Å². The summed E-state index contributed by atoms with van der Waals surface area (Å²) in [7, 11) is -3.83. The van der Waals surface area contributed by atoms with Gasteiger partial charge in [-0.05, 0) is 68.7 Å². The molecule has 0 fully saturated rings. The van der Waals surface area contributed by atoms with Crippen molar-refractivity contribution in [2.24, 2.45) is 0 Å². The summed E-state index contributed by atoms with van der Waals surface area (Å²) in [6.45, 7) is 7.41. The highest BCUT2D eigenvalue weighted by molar-refractivity contribution is 7.92. The molecule has 0 unspecified atom stereocenters. The number of carbonyl (C=O) groups excluding carboxylic acids is 2. The van der Waals surface area contributed by atoms with Crippen LogP contribution in [0.2, 0.25) is 0 Å². The molecule has 2 rings (SSSR count). The molecule has 0 aliphatic rings. The van der Waals surface area contributed by atoms with Gasteiger partial charge in [-0.25, -0.2) is 12.8 Å². The van der Waals surface area contributed by atoms with Gasteiger partial charge in [-0.1, -0.05) is 26.0 Å². The minimum absolute atomic E-state index is 0.0203. The third-order valence-corrected chi connectivity index (χ3v) is 6.91. The molecule has 8 nitrogen and oxygen atoms in total. The van der Waals surface area contributed by atoms with Gasteiger partial charge in [0.1, 0.15) is 24.2 Å². The lowest BCUT2D eigenvalue weighted by molar-refractivity contribution is -0.140. The maximum absolute atomic E-state index is 13.6. The lowest BCUT2D eigenvalue weighted by Crippen LogP contribution is -2.53. The van der Waals surface area contributed by atoms with E-state index in [9.17, 15) is 22.4 Å². The second-order valence-corrected chi connectivity index (χ2v) is 10.5. The normalized spacial score (nSPS) is 12.9. The van der Waals surface area contributed by atoms with E-state index < -0.39 is 34.3 Å². The monoisotopic (exact) mass is 521 g/mol. The van der Waals surface area contributed by atoms with Gasteiger partial charge in [0.2, 0.25) is 21.8 Å². The van der Waals surface area contributed by atoms with Crippen LogP contribution in [-0.2, 0) is 26.2 Å². The quantitative estimate of drug-likeness (QED) is 0.434. The van der Waals surface area contributed by atoms with E-state index in [0.29, 0.717) is 36.4 Å². The number of carbonyl (C=O) groups is 2. The van der Waals surface area contributed by atoms with Gasteiger partial charge < -0.3 is 15.0 Å². The van der Waals surface area contributed by atoms with Crippen LogP contribution in [0.25, 0.3) is 0 Å². The van der Waals surface area contributed by atoms with E-state index in [1.165, 1.54) is 29.2 Å². The van der Waals surface area contributed by atoms with E-state index in [4.69, 9.17) is 4.74 Å². The molecule has 0 saturated heterocycles. The Balaban J connectivity index is 2.41. The molecular formula is C26H36FN3O5S. The molecule has 0 radical (unpaired) electrons. The zero-order valence-electron chi connectivity index (χ0n) is 21.5. The number of halogens is 1. The molecule has 36 heavy (non-hydrogen) atoms. The van der Waals surface area contributed by atoms with E-state index in [0.717, 1.165) is 10.6 Å². The Morgan fingerprint density at radius 3 is 2.11 bits per heavy atom. The zero-order valence-corrected chi connectivity index (χ0v) is 22.3. The fraction of sp³-hybridized carbons (Fsp3) is 0.462. The number of rotatable bonds is 13. The highest BCUT2D eigenvalue weighted by Gasteiger charge is 2.32. The minimum atomic E-state index is -3.83. The molecule has 0 aliphatic heterocycles. The molecule has 2 atom stereocenters. The van der Waals surface area contributed by atoms with Crippen LogP contribution in [0, 0.1) is 5.82 Å². The predicted octanol–water partition coefficient (Wildman–Crippen LogP) is 3.71. The third kappa shape index (κ3) is 8.22.